The van der Waals surface area contributed by atoms with E-state index in [-0.39, 0.29) is 55.4 Å². The van der Waals surface area contributed by atoms with Crippen LogP contribution in [0.2, 0.25) is 0 Å². The molecule has 0 amide bonds. The number of carbonyl (C=O) groups excluding carboxylic acids is 2. The summed E-state index contributed by atoms with van der Waals surface area (Å²) in [4.78, 5) is 25.5. The first-order valence-electron chi connectivity index (χ1n) is 9.66. The second-order valence-electron chi connectivity index (χ2n) is 7.04. The summed E-state index contributed by atoms with van der Waals surface area (Å²) in [5, 5.41) is 0. The topological polar surface area (TPSA) is 92.8 Å². The molecule has 1 saturated heterocycles. The van der Waals surface area contributed by atoms with E-state index in [9.17, 15) is 9.59 Å². The van der Waals surface area contributed by atoms with Gasteiger partial charge in [0, 0.05) is 33.1 Å². The van der Waals surface area contributed by atoms with Gasteiger partial charge in [-0.05, 0) is 24.6 Å². The minimum absolute atomic E-state index is 0.00514. The Bertz CT molecular complexity index is 829. The normalized spacial score (nSPS) is 25.9. The summed E-state index contributed by atoms with van der Waals surface area (Å²) in [7, 11) is 2.97. The summed E-state index contributed by atoms with van der Waals surface area (Å²) in [6, 6.07) is 3.17. The Morgan fingerprint density at radius 3 is 2.60 bits per heavy atom. The summed E-state index contributed by atoms with van der Waals surface area (Å²) in [5.41, 5.74) is 0.606. The highest BCUT2D eigenvalue weighted by Gasteiger charge is 2.38. The van der Waals surface area contributed by atoms with Crippen LogP contribution < -0.4 is 9.47 Å². The van der Waals surface area contributed by atoms with E-state index in [2.05, 4.69) is 0 Å². The molecule has 162 valence electrons. The van der Waals surface area contributed by atoms with E-state index in [0.717, 1.165) is 0 Å². The lowest BCUT2D eigenvalue weighted by molar-refractivity contribution is -0.114. The van der Waals surface area contributed by atoms with Crippen LogP contribution in [-0.4, -0.2) is 57.9 Å². The quantitative estimate of drug-likeness (QED) is 0.395. The van der Waals surface area contributed by atoms with Crippen molar-refractivity contribution >= 4 is 11.8 Å². The number of fused-ring (bicyclic) bond motifs is 2. The van der Waals surface area contributed by atoms with Crippen LogP contribution in [0.15, 0.2) is 36.4 Å². The maximum absolute atomic E-state index is 13.0. The van der Waals surface area contributed by atoms with Gasteiger partial charge in [0.15, 0.2) is 19.4 Å². The van der Waals surface area contributed by atoms with Crippen molar-refractivity contribution in [3.8, 4) is 11.5 Å². The molecule has 2 heterocycles. The molecular weight excluding hydrogens is 392 g/mol. The molecule has 1 aromatic carbocycles. The van der Waals surface area contributed by atoms with Gasteiger partial charge in [-0.1, -0.05) is 18.2 Å². The van der Waals surface area contributed by atoms with Gasteiger partial charge in [-0.15, -0.1) is 0 Å². The van der Waals surface area contributed by atoms with E-state index in [1.54, 1.807) is 24.3 Å². The highest BCUT2D eigenvalue weighted by Crippen LogP contribution is 2.33. The van der Waals surface area contributed by atoms with Crippen molar-refractivity contribution in [2.75, 3.05) is 27.8 Å². The van der Waals surface area contributed by atoms with E-state index < -0.39 is 5.97 Å². The van der Waals surface area contributed by atoms with Crippen molar-refractivity contribution in [2.24, 2.45) is 0 Å². The molecule has 0 bridgehead atoms. The molecule has 2 aliphatic heterocycles. The Morgan fingerprint density at radius 2 is 1.83 bits per heavy atom. The van der Waals surface area contributed by atoms with Gasteiger partial charge < -0.3 is 28.4 Å². The van der Waals surface area contributed by atoms with Crippen LogP contribution in [0.25, 0.3) is 0 Å². The molecule has 0 radical (unpaired) electrons. The first-order chi connectivity index (χ1) is 14.5. The number of ketones is 1. The number of rotatable bonds is 6. The summed E-state index contributed by atoms with van der Waals surface area (Å²) in [5.74, 6) is -0.159. The van der Waals surface area contributed by atoms with Crippen molar-refractivity contribution in [1.29, 1.82) is 0 Å². The second-order valence-corrected chi connectivity index (χ2v) is 7.04. The van der Waals surface area contributed by atoms with Gasteiger partial charge in [-0.3, -0.25) is 4.79 Å². The lowest BCUT2D eigenvalue weighted by atomic mass is 10.00. The van der Waals surface area contributed by atoms with Crippen LogP contribution in [0.3, 0.4) is 0 Å². The number of ether oxygens (including phenoxy) is 6. The Balaban J connectivity index is 1.99. The van der Waals surface area contributed by atoms with E-state index in [1.165, 1.54) is 20.3 Å². The molecule has 0 spiro atoms. The molecule has 1 fully saturated rings. The van der Waals surface area contributed by atoms with Crippen LogP contribution in [0.5, 0.6) is 11.5 Å². The molecule has 0 aromatic heterocycles. The van der Waals surface area contributed by atoms with Crippen LogP contribution in [0, 0.1) is 0 Å². The predicted octanol–water partition coefficient (Wildman–Crippen LogP) is 2.59. The van der Waals surface area contributed by atoms with Gasteiger partial charge in [0.05, 0.1) is 6.10 Å². The Hall–Kier alpha value is -2.68. The molecule has 8 nitrogen and oxygen atoms in total. The first-order valence-corrected chi connectivity index (χ1v) is 9.66. The van der Waals surface area contributed by atoms with Crippen molar-refractivity contribution in [3.63, 3.8) is 0 Å². The first kappa shape index (κ1) is 22.0. The number of hydrogen-bond acceptors (Lipinski definition) is 8. The SMILES string of the molecule is COCOc1cc2c(c(OCOC)c1)C(=O)O[C@H](C)C[C@H]1O[C@@H]1/C=C\C=C\C(=O)C2. The van der Waals surface area contributed by atoms with E-state index >= 15 is 0 Å². The summed E-state index contributed by atoms with van der Waals surface area (Å²) >= 11 is 0. The summed E-state index contributed by atoms with van der Waals surface area (Å²) in [6.45, 7) is 1.73. The fraction of sp³-hybridized carbons (Fsp3) is 0.455. The molecule has 1 aromatic rings. The number of carbonyl (C=O) groups is 2. The van der Waals surface area contributed by atoms with Gasteiger partial charge in [0.25, 0.3) is 0 Å². The predicted molar refractivity (Wildman–Crippen MR) is 107 cm³/mol. The number of hydrogen-bond donors (Lipinski definition) is 0. The lowest BCUT2D eigenvalue weighted by Gasteiger charge is -2.18. The zero-order valence-electron chi connectivity index (χ0n) is 17.3. The second kappa shape index (κ2) is 10.4. The average Bonchev–Trinajstić information content (AvgIpc) is 3.44. The van der Waals surface area contributed by atoms with Crippen molar-refractivity contribution in [1.82, 2.24) is 0 Å². The molecule has 0 aliphatic carbocycles. The minimum Gasteiger partial charge on any atom is -0.467 e. The molecule has 2 aliphatic rings. The summed E-state index contributed by atoms with van der Waals surface area (Å²) < 4.78 is 32.2. The zero-order valence-corrected chi connectivity index (χ0v) is 17.3. The maximum atomic E-state index is 13.0. The highest BCUT2D eigenvalue weighted by atomic mass is 16.7. The van der Waals surface area contributed by atoms with Crippen LogP contribution in [0.4, 0.5) is 0 Å². The van der Waals surface area contributed by atoms with Crippen molar-refractivity contribution in [3.05, 3.63) is 47.6 Å². The molecule has 0 saturated carbocycles. The fourth-order valence-corrected chi connectivity index (χ4v) is 3.18. The van der Waals surface area contributed by atoms with Crippen LogP contribution in [-0.2, 0) is 30.2 Å². The Labute approximate surface area is 175 Å². The maximum Gasteiger partial charge on any atom is 0.342 e. The standard InChI is InChI=1S/C22H26O8/c1-14-8-19-18(30-19)7-5-4-6-16(23)9-15-10-17(27-12-25-2)11-20(28-13-26-3)21(15)22(24)29-14/h4-7,10-11,14,18-19H,8-9,12-13H2,1-3H3/b6-4+,7-5-/t14-,18-,19-/m1/s1. The molecule has 3 rings (SSSR count). The molecule has 0 N–H and O–H groups in total. The van der Waals surface area contributed by atoms with Gasteiger partial charge >= 0.3 is 5.97 Å². The molecule has 30 heavy (non-hydrogen) atoms. The van der Waals surface area contributed by atoms with Crippen LogP contribution >= 0.6 is 0 Å². The number of benzene rings is 1. The Morgan fingerprint density at radius 1 is 1.07 bits per heavy atom. The average molecular weight is 418 g/mol. The summed E-state index contributed by atoms with van der Waals surface area (Å²) in [6.07, 6.45) is 6.93. The van der Waals surface area contributed by atoms with Crippen molar-refractivity contribution < 1.29 is 38.0 Å². The number of epoxide rings is 1. The van der Waals surface area contributed by atoms with Gasteiger partial charge in [0.1, 0.15) is 29.3 Å². The fourth-order valence-electron chi connectivity index (χ4n) is 3.18. The third-order valence-corrected chi connectivity index (χ3v) is 4.59. The lowest BCUT2D eigenvalue weighted by Crippen LogP contribution is -2.20. The molecule has 3 atom stereocenters. The van der Waals surface area contributed by atoms with Crippen LogP contribution in [0.1, 0.15) is 29.3 Å². The molecular formula is C22H26O8. The van der Waals surface area contributed by atoms with Gasteiger partial charge in [-0.2, -0.15) is 0 Å². The molecule has 8 heteroatoms. The van der Waals surface area contributed by atoms with E-state index in [4.69, 9.17) is 28.4 Å². The third-order valence-electron chi connectivity index (χ3n) is 4.59. The third kappa shape index (κ3) is 5.91. The molecule has 0 unspecified atom stereocenters. The number of cyclic esters (lactones) is 1. The number of methoxy groups -OCH3 is 2. The van der Waals surface area contributed by atoms with E-state index in [0.29, 0.717) is 17.7 Å². The highest BCUT2D eigenvalue weighted by molar-refractivity contribution is 5.98. The number of allylic oxidation sites excluding steroid dienone is 3. The zero-order chi connectivity index (χ0) is 21.5. The van der Waals surface area contributed by atoms with Gasteiger partial charge in [0.2, 0.25) is 0 Å². The smallest absolute Gasteiger partial charge is 0.342 e. The largest absolute Gasteiger partial charge is 0.467 e. The number of esters is 1. The van der Waals surface area contributed by atoms with Gasteiger partial charge in [-0.25, -0.2) is 4.79 Å². The Kier molecular flexibility index (Phi) is 7.62. The monoisotopic (exact) mass is 418 g/mol. The van der Waals surface area contributed by atoms with Crippen molar-refractivity contribution in [2.45, 2.75) is 38.1 Å². The minimum atomic E-state index is -0.580. The van der Waals surface area contributed by atoms with E-state index in [1.807, 2.05) is 13.0 Å².